The first kappa shape index (κ1) is 13.4. The molecule has 0 unspecified atom stereocenters. The minimum atomic E-state index is -3.25. The molecule has 0 saturated carbocycles. The van der Waals surface area contributed by atoms with Gasteiger partial charge in [-0.05, 0) is 6.42 Å². The van der Waals surface area contributed by atoms with E-state index in [2.05, 4.69) is 4.72 Å². The molecule has 1 heterocycles. The number of amides is 1. The molecular formula is C10H20N2O3S. The van der Waals surface area contributed by atoms with Crippen molar-refractivity contribution in [2.45, 2.75) is 32.4 Å². The SMILES string of the molecule is CCNS(=O)(=O)[C@H]1CCN(C(=O)C(C)C)C1. The third-order valence-electron chi connectivity index (χ3n) is 2.73. The van der Waals surface area contributed by atoms with Crippen LogP contribution < -0.4 is 4.72 Å². The molecule has 5 nitrogen and oxygen atoms in total. The van der Waals surface area contributed by atoms with Gasteiger partial charge in [-0.25, -0.2) is 13.1 Å². The Balaban J connectivity index is 2.63. The molecule has 1 atom stereocenters. The maximum Gasteiger partial charge on any atom is 0.225 e. The predicted octanol–water partition coefficient (Wildman–Crippen LogP) is 0.183. The summed E-state index contributed by atoms with van der Waals surface area (Å²) in [6, 6.07) is 0. The van der Waals surface area contributed by atoms with Crippen LogP contribution in [0.4, 0.5) is 0 Å². The Morgan fingerprint density at radius 1 is 1.50 bits per heavy atom. The van der Waals surface area contributed by atoms with Gasteiger partial charge in [0, 0.05) is 25.6 Å². The second-order valence-corrected chi connectivity index (χ2v) is 6.44. The maximum absolute atomic E-state index is 11.7. The topological polar surface area (TPSA) is 66.5 Å². The van der Waals surface area contributed by atoms with Gasteiger partial charge in [-0.1, -0.05) is 20.8 Å². The number of hydrogen-bond donors (Lipinski definition) is 1. The van der Waals surface area contributed by atoms with Crippen LogP contribution in [0.15, 0.2) is 0 Å². The minimum absolute atomic E-state index is 0.0363. The largest absolute Gasteiger partial charge is 0.341 e. The van der Waals surface area contributed by atoms with Crippen LogP contribution in [0.2, 0.25) is 0 Å². The summed E-state index contributed by atoms with van der Waals surface area (Å²) < 4.78 is 25.9. The van der Waals surface area contributed by atoms with Gasteiger partial charge in [-0.3, -0.25) is 4.79 Å². The van der Waals surface area contributed by atoms with Gasteiger partial charge in [0.2, 0.25) is 15.9 Å². The van der Waals surface area contributed by atoms with Crippen molar-refractivity contribution in [3.8, 4) is 0 Å². The van der Waals surface area contributed by atoms with E-state index in [0.29, 0.717) is 26.1 Å². The van der Waals surface area contributed by atoms with Gasteiger partial charge in [-0.15, -0.1) is 0 Å². The van der Waals surface area contributed by atoms with Crippen LogP contribution in [-0.2, 0) is 14.8 Å². The van der Waals surface area contributed by atoms with E-state index in [1.807, 2.05) is 13.8 Å². The van der Waals surface area contributed by atoms with Crippen LogP contribution in [0.1, 0.15) is 27.2 Å². The first-order valence-electron chi connectivity index (χ1n) is 5.65. The van der Waals surface area contributed by atoms with Crippen LogP contribution >= 0.6 is 0 Å². The molecule has 1 fully saturated rings. The summed E-state index contributed by atoms with van der Waals surface area (Å²) in [6.07, 6.45) is 0.536. The Bertz CT molecular complexity index is 351. The van der Waals surface area contributed by atoms with E-state index in [1.54, 1.807) is 11.8 Å². The Hall–Kier alpha value is -0.620. The molecule has 6 heteroatoms. The summed E-state index contributed by atoms with van der Waals surface area (Å²) in [7, 11) is -3.25. The quantitative estimate of drug-likeness (QED) is 0.772. The van der Waals surface area contributed by atoms with Crippen LogP contribution in [0.5, 0.6) is 0 Å². The van der Waals surface area contributed by atoms with Crippen LogP contribution in [0.25, 0.3) is 0 Å². The number of nitrogens with one attached hydrogen (secondary N) is 1. The predicted molar refractivity (Wildman–Crippen MR) is 62.4 cm³/mol. The van der Waals surface area contributed by atoms with Crippen LogP contribution in [-0.4, -0.2) is 44.1 Å². The Kier molecular flexibility index (Phi) is 4.32. The van der Waals surface area contributed by atoms with E-state index in [-0.39, 0.29) is 11.8 Å². The van der Waals surface area contributed by atoms with Gasteiger partial charge in [0.25, 0.3) is 0 Å². The minimum Gasteiger partial charge on any atom is -0.341 e. The Morgan fingerprint density at radius 2 is 2.12 bits per heavy atom. The van der Waals surface area contributed by atoms with Crippen molar-refractivity contribution < 1.29 is 13.2 Å². The van der Waals surface area contributed by atoms with E-state index >= 15 is 0 Å². The zero-order chi connectivity index (χ0) is 12.3. The third kappa shape index (κ3) is 2.95. The second kappa shape index (κ2) is 5.14. The van der Waals surface area contributed by atoms with E-state index in [4.69, 9.17) is 0 Å². The standard InChI is InChI=1S/C10H20N2O3S/c1-4-11-16(14,15)9-5-6-12(7-9)10(13)8(2)3/h8-9,11H,4-7H2,1-3H3/t9-/m0/s1. The zero-order valence-corrected chi connectivity index (χ0v) is 10.9. The number of hydrogen-bond acceptors (Lipinski definition) is 3. The molecule has 1 saturated heterocycles. The van der Waals surface area contributed by atoms with Crippen molar-refractivity contribution in [3.05, 3.63) is 0 Å². The van der Waals surface area contributed by atoms with Crippen LogP contribution in [0.3, 0.4) is 0 Å². The van der Waals surface area contributed by atoms with Gasteiger partial charge < -0.3 is 4.90 Å². The molecule has 1 amide bonds. The van der Waals surface area contributed by atoms with E-state index in [9.17, 15) is 13.2 Å². The molecule has 1 aliphatic heterocycles. The van der Waals surface area contributed by atoms with E-state index < -0.39 is 15.3 Å². The van der Waals surface area contributed by atoms with E-state index in [0.717, 1.165) is 0 Å². The summed E-state index contributed by atoms with van der Waals surface area (Å²) in [6.45, 7) is 6.68. The molecule has 1 N–H and O–H groups in total. The van der Waals surface area contributed by atoms with E-state index in [1.165, 1.54) is 0 Å². The molecule has 0 bridgehead atoms. The normalized spacial score (nSPS) is 21.8. The number of carbonyl (C=O) groups excluding carboxylic acids is 1. The summed E-state index contributed by atoms with van der Waals surface area (Å²) in [5.74, 6) is -0.0326. The van der Waals surface area contributed by atoms with Crippen molar-refractivity contribution in [1.29, 1.82) is 0 Å². The van der Waals surface area contributed by atoms with Gasteiger partial charge in [0.1, 0.15) is 0 Å². The smallest absolute Gasteiger partial charge is 0.225 e. The molecule has 0 aliphatic carbocycles. The number of carbonyl (C=O) groups is 1. The zero-order valence-electron chi connectivity index (χ0n) is 10.1. The van der Waals surface area contributed by atoms with Crippen molar-refractivity contribution in [2.75, 3.05) is 19.6 Å². The fourth-order valence-corrected chi connectivity index (χ4v) is 3.30. The Morgan fingerprint density at radius 3 is 2.62 bits per heavy atom. The van der Waals surface area contributed by atoms with Gasteiger partial charge >= 0.3 is 0 Å². The fraction of sp³-hybridized carbons (Fsp3) is 0.900. The molecule has 0 aromatic rings. The average molecular weight is 248 g/mol. The van der Waals surface area contributed by atoms with Gasteiger partial charge in [-0.2, -0.15) is 0 Å². The first-order chi connectivity index (χ1) is 7.38. The molecule has 0 radical (unpaired) electrons. The summed E-state index contributed by atoms with van der Waals surface area (Å²) in [4.78, 5) is 13.3. The summed E-state index contributed by atoms with van der Waals surface area (Å²) >= 11 is 0. The molecular weight excluding hydrogens is 228 g/mol. The monoisotopic (exact) mass is 248 g/mol. The third-order valence-corrected chi connectivity index (χ3v) is 4.69. The lowest BCUT2D eigenvalue weighted by atomic mass is 10.2. The highest BCUT2D eigenvalue weighted by Gasteiger charge is 2.35. The molecule has 94 valence electrons. The average Bonchev–Trinajstić information content (AvgIpc) is 2.65. The van der Waals surface area contributed by atoms with Gasteiger partial charge in [0.05, 0.1) is 5.25 Å². The van der Waals surface area contributed by atoms with Crippen molar-refractivity contribution in [2.24, 2.45) is 5.92 Å². The summed E-state index contributed by atoms with van der Waals surface area (Å²) in [5, 5.41) is -0.449. The maximum atomic E-state index is 11.7. The second-order valence-electron chi connectivity index (χ2n) is 4.39. The van der Waals surface area contributed by atoms with Crippen molar-refractivity contribution in [1.82, 2.24) is 9.62 Å². The highest BCUT2D eigenvalue weighted by Crippen LogP contribution is 2.18. The Labute approximate surface area is 97.2 Å². The number of nitrogens with zero attached hydrogens (tertiary/aromatic N) is 1. The molecule has 1 aliphatic rings. The fourth-order valence-electron chi connectivity index (χ4n) is 1.87. The number of sulfonamides is 1. The lowest BCUT2D eigenvalue weighted by molar-refractivity contribution is -0.133. The molecule has 16 heavy (non-hydrogen) atoms. The summed E-state index contributed by atoms with van der Waals surface area (Å²) in [5.41, 5.74) is 0. The number of likely N-dealkylation sites (tertiary alicyclic amines) is 1. The number of rotatable bonds is 4. The van der Waals surface area contributed by atoms with Crippen molar-refractivity contribution >= 4 is 15.9 Å². The highest BCUT2D eigenvalue weighted by molar-refractivity contribution is 7.90. The highest BCUT2D eigenvalue weighted by atomic mass is 32.2. The molecule has 0 spiro atoms. The van der Waals surface area contributed by atoms with Gasteiger partial charge in [0.15, 0.2) is 0 Å². The lowest BCUT2D eigenvalue weighted by Crippen LogP contribution is -2.38. The van der Waals surface area contributed by atoms with Crippen LogP contribution in [0, 0.1) is 5.92 Å². The van der Waals surface area contributed by atoms with Crippen molar-refractivity contribution in [3.63, 3.8) is 0 Å². The molecule has 0 aromatic carbocycles. The molecule has 0 aromatic heterocycles. The lowest BCUT2D eigenvalue weighted by Gasteiger charge is -2.18. The first-order valence-corrected chi connectivity index (χ1v) is 7.20. The molecule has 1 rings (SSSR count).